The summed E-state index contributed by atoms with van der Waals surface area (Å²) in [7, 11) is 0. The number of piperazine rings is 1. The number of aromatic nitrogens is 1. The third kappa shape index (κ3) is 4.48. The summed E-state index contributed by atoms with van der Waals surface area (Å²) in [4.78, 5) is 31.8. The molecule has 6 heteroatoms. The minimum Gasteiger partial charge on any atom is -0.335 e. The van der Waals surface area contributed by atoms with E-state index >= 15 is 0 Å². The topological polar surface area (TPSA) is 77.4 Å². The molecular formula is C17H22N4O2. The lowest BCUT2D eigenvalue weighted by Gasteiger charge is -2.34. The van der Waals surface area contributed by atoms with E-state index in [4.69, 9.17) is 5.41 Å². The van der Waals surface area contributed by atoms with Gasteiger partial charge in [-0.15, -0.1) is 0 Å². The van der Waals surface area contributed by atoms with Crippen molar-refractivity contribution < 1.29 is 9.59 Å². The number of hydrogen-bond acceptors (Lipinski definition) is 4. The number of pyridine rings is 1. The Hall–Kier alpha value is -2.50. The Labute approximate surface area is 136 Å². The molecule has 2 heterocycles. The van der Waals surface area contributed by atoms with Crippen LogP contribution in [0, 0.1) is 5.41 Å². The lowest BCUT2D eigenvalue weighted by atomic mass is 10.2. The number of carbonyl (C=O) groups excluding carboxylic acids is 2. The van der Waals surface area contributed by atoms with Crippen molar-refractivity contribution in [2.45, 2.75) is 19.8 Å². The number of rotatable bonds is 5. The maximum absolute atomic E-state index is 12.3. The van der Waals surface area contributed by atoms with Gasteiger partial charge in [0.15, 0.2) is 0 Å². The van der Waals surface area contributed by atoms with E-state index in [0.29, 0.717) is 31.7 Å². The fraction of sp³-hybridized carbons (Fsp3) is 0.412. The molecule has 0 atom stereocenters. The second-order valence-electron chi connectivity index (χ2n) is 5.43. The molecule has 0 spiro atoms. The predicted molar refractivity (Wildman–Crippen MR) is 88.5 cm³/mol. The van der Waals surface area contributed by atoms with Crippen LogP contribution in [0.15, 0.2) is 36.7 Å². The van der Waals surface area contributed by atoms with Gasteiger partial charge in [0.05, 0.1) is 0 Å². The molecule has 1 aromatic rings. The molecular weight excluding hydrogens is 292 g/mol. The molecule has 1 fully saturated rings. The highest BCUT2D eigenvalue weighted by Gasteiger charge is 2.25. The van der Waals surface area contributed by atoms with Gasteiger partial charge in [-0.2, -0.15) is 0 Å². The van der Waals surface area contributed by atoms with Crippen LogP contribution in [0.4, 0.5) is 0 Å². The molecule has 0 aromatic carbocycles. The van der Waals surface area contributed by atoms with E-state index < -0.39 is 0 Å². The molecule has 1 aliphatic heterocycles. The van der Waals surface area contributed by atoms with Crippen molar-refractivity contribution in [3.63, 3.8) is 0 Å². The number of allylic oxidation sites excluding steroid dienone is 1. The first kappa shape index (κ1) is 16.9. The van der Waals surface area contributed by atoms with E-state index in [1.165, 1.54) is 0 Å². The molecule has 122 valence electrons. The Kier molecular flexibility index (Phi) is 6.02. The van der Waals surface area contributed by atoms with Crippen molar-refractivity contribution in [1.29, 1.82) is 5.41 Å². The maximum Gasteiger partial charge on any atom is 0.271 e. The Morgan fingerprint density at radius 3 is 2.39 bits per heavy atom. The van der Waals surface area contributed by atoms with Gasteiger partial charge in [0.2, 0.25) is 0 Å². The van der Waals surface area contributed by atoms with Crippen LogP contribution in [0.2, 0.25) is 0 Å². The van der Waals surface area contributed by atoms with Gasteiger partial charge in [-0.3, -0.25) is 20.0 Å². The average molecular weight is 314 g/mol. The number of unbranched alkanes of at least 4 members (excludes halogenated alkanes) is 1. The van der Waals surface area contributed by atoms with Crippen LogP contribution in [-0.4, -0.2) is 58.5 Å². The van der Waals surface area contributed by atoms with Crippen LogP contribution >= 0.6 is 0 Å². The minimum atomic E-state index is -0.270. The molecule has 23 heavy (non-hydrogen) atoms. The largest absolute Gasteiger partial charge is 0.335 e. The van der Waals surface area contributed by atoms with Crippen molar-refractivity contribution in [2.24, 2.45) is 0 Å². The van der Waals surface area contributed by atoms with Crippen LogP contribution in [0.1, 0.15) is 30.1 Å². The van der Waals surface area contributed by atoms with Crippen LogP contribution in [0.3, 0.4) is 0 Å². The first-order valence-electron chi connectivity index (χ1n) is 7.87. The number of nitrogens with zero attached hydrogens (tertiary/aromatic N) is 3. The van der Waals surface area contributed by atoms with Crippen molar-refractivity contribution in [3.8, 4) is 0 Å². The summed E-state index contributed by atoms with van der Waals surface area (Å²) in [5.74, 6) is -0.314. The first-order chi connectivity index (χ1) is 11.1. The van der Waals surface area contributed by atoms with E-state index in [-0.39, 0.29) is 17.5 Å². The van der Waals surface area contributed by atoms with E-state index in [1.54, 1.807) is 40.4 Å². The van der Waals surface area contributed by atoms with E-state index in [0.717, 1.165) is 12.8 Å². The monoisotopic (exact) mass is 314 g/mol. The molecule has 0 saturated carbocycles. The normalized spacial score (nSPS) is 15.0. The van der Waals surface area contributed by atoms with Crippen molar-refractivity contribution in [2.75, 3.05) is 26.2 Å². The van der Waals surface area contributed by atoms with E-state index in [9.17, 15) is 9.59 Å². The highest BCUT2D eigenvalue weighted by molar-refractivity contribution is 6.41. The molecule has 0 bridgehead atoms. The zero-order valence-electron chi connectivity index (χ0n) is 13.4. The molecule has 1 aliphatic rings. The van der Waals surface area contributed by atoms with E-state index in [2.05, 4.69) is 11.9 Å². The predicted octanol–water partition coefficient (Wildman–Crippen LogP) is 1.74. The number of hydrogen-bond donors (Lipinski definition) is 1. The Bertz CT molecular complexity index is 590. The molecule has 1 aromatic heterocycles. The third-order valence-corrected chi connectivity index (χ3v) is 3.75. The first-order valence-corrected chi connectivity index (χ1v) is 7.87. The molecule has 0 aliphatic carbocycles. The Morgan fingerprint density at radius 1 is 1.17 bits per heavy atom. The smallest absolute Gasteiger partial charge is 0.271 e. The summed E-state index contributed by atoms with van der Waals surface area (Å²) < 4.78 is 0. The zero-order chi connectivity index (χ0) is 16.7. The minimum absolute atomic E-state index is 0.00682. The van der Waals surface area contributed by atoms with Crippen molar-refractivity contribution >= 4 is 17.5 Å². The maximum atomic E-state index is 12.3. The Morgan fingerprint density at radius 2 is 1.78 bits per heavy atom. The van der Waals surface area contributed by atoms with Crippen molar-refractivity contribution in [3.05, 3.63) is 42.2 Å². The SMILES string of the molecule is CCCC=CC(=N)C(=O)N1CCN(C(=O)c2ccncc2)CC1. The van der Waals surface area contributed by atoms with Gasteiger partial charge in [-0.05, 0) is 24.6 Å². The van der Waals surface area contributed by atoms with Gasteiger partial charge in [0, 0.05) is 44.1 Å². The molecule has 0 unspecified atom stereocenters. The summed E-state index contributed by atoms with van der Waals surface area (Å²) in [6.07, 6.45) is 8.47. The molecule has 2 rings (SSSR count). The highest BCUT2D eigenvalue weighted by atomic mass is 16.2. The van der Waals surface area contributed by atoms with Crippen LogP contribution in [-0.2, 0) is 4.79 Å². The van der Waals surface area contributed by atoms with E-state index in [1.807, 2.05) is 6.08 Å². The summed E-state index contributed by atoms with van der Waals surface area (Å²) in [5, 5.41) is 7.81. The summed E-state index contributed by atoms with van der Waals surface area (Å²) in [6, 6.07) is 3.38. The van der Waals surface area contributed by atoms with Crippen LogP contribution in [0.25, 0.3) is 0 Å². The fourth-order valence-corrected chi connectivity index (χ4v) is 2.40. The molecule has 1 N–H and O–H groups in total. The van der Waals surface area contributed by atoms with Crippen LogP contribution in [0.5, 0.6) is 0 Å². The molecule has 6 nitrogen and oxygen atoms in total. The van der Waals surface area contributed by atoms with Gasteiger partial charge in [0.25, 0.3) is 11.8 Å². The molecule has 2 amide bonds. The number of amides is 2. The third-order valence-electron chi connectivity index (χ3n) is 3.75. The number of carbonyl (C=O) groups is 2. The van der Waals surface area contributed by atoms with Gasteiger partial charge in [0.1, 0.15) is 5.71 Å². The molecule has 1 saturated heterocycles. The summed E-state index contributed by atoms with van der Waals surface area (Å²) >= 11 is 0. The number of nitrogens with one attached hydrogen (secondary N) is 1. The zero-order valence-corrected chi connectivity index (χ0v) is 13.4. The standard InChI is InChI=1S/C17H22N4O2/c1-2-3-4-5-15(18)17(23)21-12-10-20(11-13-21)16(22)14-6-8-19-9-7-14/h4-9,18H,2-3,10-13H2,1H3. The second kappa shape index (κ2) is 8.22. The molecule has 0 radical (unpaired) electrons. The summed E-state index contributed by atoms with van der Waals surface area (Å²) in [6.45, 7) is 3.94. The fourth-order valence-electron chi connectivity index (χ4n) is 2.40. The van der Waals surface area contributed by atoms with Crippen molar-refractivity contribution in [1.82, 2.24) is 14.8 Å². The van der Waals surface area contributed by atoms with Gasteiger partial charge >= 0.3 is 0 Å². The lowest BCUT2D eigenvalue weighted by Crippen LogP contribution is -2.51. The van der Waals surface area contributed by atoms with Crippen LogP contribution < -0.4 is 0 Å². The van der Waals surface area contributed by atoms with Gasteiger partial charge in [-0.25, -0.2) is 0 Å². The lowest BCUT2D eigenvalue weighted by molar-refractivity contribution is -0.125. The van der Waals surface area contributed by atoms with Gasteiger partial charge < -0.3 is 9.80 Å². The average Bonchev–Trinajstić information content (AvgIpc) is 2.61. The highest BCUT2D eigenvalue weighted by Crippen LogP contribution is 2.09. The Balaban J connectivity index is 1.87. The quantitative estimate of drug-likeness (QED) is 0.841. The van der Waals surface area contributed by atoms with Gasteiger partial charge in [-0.1, -0.05) is 19.4 Å². The summed E-state index contributed by atoms with van der Waals surface area (Å²) in [5.41, 5.74) is 0.613. The second-order valence-corrected chi connectivity index (χ2v) is 5.43.